The molecule has 1 N–H and O–H groups in total. The van der Waals surface area contributed by atoms with Gasteiger partial charge in [0.25, 0.3) is 5.91 Å². The normalized spacial score (nSPS) is 10.6. The molecule has 0 aromatic heterocycles. The van der Waals surface area contributed by atoms with E-state index in [1.54, 1.807) is 6.92 Å². The number of benzene rings is 3. The monoisotopic (exact) mass is 397 g/mol. The fraction of sp³-hybridized carbons (Fsp3) is 0.174. The number of anilines is 1. The molecule has 0 radical (unpaired) electrons. The molecule has 3 rings (SSSR count). The summed E-state index contributed by atoms with van der Waals surface area (Å²) < 4.78 is 34.9. The molecule has 0 aliphatic carbocycles. The van der Waals surface area contributed by atoms with E-state index in [-0.39, 0.29) is 29.6 Å². The van der Waals surface area contributed by atoms with Crippen molar-refractivity contribution in [3.8, 4) is 11.5 Å². The maximum atomic E-state index is 12.8. The highest BCUT2D eigenvalue weighted by Gasteiger charge is 2.15. The van der Waals surface area contributed by atoms with E-state index < -0.39 is 6.61 Å². The fourth-order valence-electron chi connectivity index (χ4n) is 2.92. The topological polar surface area (TPSA) is 47.6 Å². The van der Waals surface area contributed by atoms with Crippen molar-refractivity contribution in [3.05, 3.63) is 89.5 Å². The first-order valence-electron chi connectivity index (χ1n) is 9.21. The van der Waals surface area contributed by atoms with Crippen LogP contribution in [0.1, 0.15) is 28.4 Å². The Morgan fingerprint density at radius 1 is 0.966 bits per heavy atom. The Hall–Kier alpha value is -3.41. The molecule has 0 spiro atoms. The van der Waals surface area contributed by atoms with E-state index in [4.69, 9.17) is 4.74 Å². The summed E-state index contributed by atoms with van der Waals surface area (Å²) in [5.74, 6) is -0.379. The maximum absolute atomic E-state index is 12.8. The number of rotatable bonds is 8. The van der Waals surface area contributed by atoms with Crippen molar-refractivity contribution in [1.82, 2.24) is 0 Å². The Kier molecular flexibility index (Phi) is 6.79. The van der Waals surface area contributed by atoms with Crippen LogP contribution in [0, 0.1) is 0 Å². The molecule has 150 valence electrons. The van der Waals surface area contributed by atoms with Crippen LogP contribution in [0.4, 0.5) is 14.5 Å². The molecule has 0 bridgehead atoms. The Balaban J connectivity index is 1.81. The molecule has 0 atom stereocenters. The number of hydrogen-bond acceptors (Lipinski definition) is 3. The molecule has 0 saturated heterocycles. The van der Waals surface area contributed by atoms with Crippen LogP contribution in [-0.4, -0.2) is 19.1 Å². The van der Waals surface area contributed by atoms with Gasteiger partial charge in [-0.05, 0) is 48.7 Å². The molecule has 0 fully saturated rings. The molecule has 0 saturated carbocycles. The van der Waals surface area contributed by atoms with Gasteiger partial charge in [0, 0.05) is 11.3 Å². The van der Waals surface area contributed by atoms with Crippen LogP contribution < -0.4 is 14.8 Å². The summed E-state index contributed by atoms with van der Waals surface area (Å²) in [5, 5.41) is 2.89. The van der Waals surface area contributed by atoms with Gasteiger partial charge in [0.1, 0.15) is 0 Å². The lowest BCUT2D eigenvalue weighted by Gasteiger charge is -2.14. The van der Waals surface area contributed by atoms with Gasteiger partial charge in [0.05, 0.1) is 6.61 Å². The zero-order valence-corrected chi connectivity index (χ0v) is 15.9. The lowest BCUT2D eigenvalue weighted by atomic mass is 10.0. The zero-order valence-electron chi connectivity index (χ0n) is 15.9. The number of ether oxygens (including phenoxy) is 2. The van der Waals surface area contributed by atoms with Crippen molar-refractivity contribution >= 4 is 11.6 Å². The molecule has 1 amide bonds. The van der Waals surface area contributed by atoms with Gasteiger partial charge in [-0.1, -0.05) is 48.5 Å². The van der Waals surface area contributed by atoms with Crippen molar-refractivity contribution in [1.29, 1.82) is 0 Å². The van der Waals surface area contributed by atoms with Gasteiger partial charge in [-0.2, -0.15) is 8.78 Å². The van der Waals surface area contributed by atoms with Gasteiger partial charge in [-0.3, -0.25) is 4.79 Å². The predicted octanol–water partition coefficient (Wildman–Crippen LogP) is 5.53. The van der Waals surface area contributed by atoms with Gasteiger partial charge in [-0.15, -0.1) is 0 Å². The van der Waals surface area contributed by atoms with Gasteiger partial charge in [0.15, 0.2) is 11.5 Å². The number of halogens is 2. The standard InChI is InChI=1S/C23H21F2NO3/c1-2-28-21-15-18(12-13-20(21)29-23(24)25)22(27)26-19-11-7-6-10-17(19)14-16-8-4-3-5-9-16/h3-13,15,23H,2,14H2,1H3,(H,26,27). The third-order valence-corrected chi connectivity index (χ3v) is 4.22. The van der Waals surface area contributed by atoms with E-state index >= 15 is 0 Å². The molecule has 0 unspecified atom stereocenters. The van der Waals surface area contributed by atoms with Gasteiger partial charge in [-0.25, -0.2) is 0 Å². The lowest BCUT2D eigenvalue weighted by Crippen LogP contribution is -2.14. The second-order valence-corrected chi connectivity index (χ2v) is 6.25. The summed E-state index contributed by atoms with van der Waals surface area (Å²) in [6, 6.07) is 21.6. The summed E-state index contributed by atoms with van der Waals surface area (Å²) in [6.45, 7) is -0.998. The minimum absolute atomic E-state index is 0.0954. The average Bonchev–Trinajstić information content (AvgIpc) is 2.71. The molecule has 3 aromatic carbocycles. The Morgan fingerprint density at radius 2 is 1.69 bits per heavy atom. The third-order valence-electron chi connectivity index (χ3n) is 4.22. The first kappa shape index (κ1) is 20.3. The first-order chi connectivity index (χ1) is 14.1. The minimum atomic E-state index is -2.97. The van der Waals surface area contributed by atoms with Gasteiger partial charge in [0.2, 0.25) is 0 Å². The van der Waals surface area contributed by atoms with E-state index in [9.17, 15) is 13.6 Å². The van der Waals surface area contributed by atoms with E-state index in [1.807, 2.05) is 54.6 Å². The van der Waals surface area contributed by atoms with Crippen molar-refractivity contribution < 1.29 is 23.0 Å². The predicted molar refractivity (Wildman–Crippen MR) is 108 cm³/mol. The summed E-state index contributed by atoms with van der Waals surface area (Å²) >= 11 is 0. The smallest absolute Gasteiger partial charge is 0.387 e. The van der Waals surface area contributed by atoms with E-state index in [0.717, 1.165) is 11.1 Å². The molecule has 0 aliphatic rings. The van der Waals surface area contributed by atoms with Crippen molar-refractivity contribution in [2.75, 3.05) is 11.9 Å². The summed E-state index contributed by atoms with van der Waals surface area (Å²) in [7, 11) is 0. The quantitative estimate of drug-likeness (QED) is 0.544. The number of nitrogens with one attached hydrogen (secondary N) is 1. The van der Waals surface area contributed by atoms with Crippen LogP contribution in [0.5, 0.6) is 11.5 Å². The van der Waals surface area contributed by atoms with E-state index in [0.29, 0.717) is 12.1 Å². The van der Waals surface area contributed by atoms with Crippen molar-refractivity contribution in [2.24, 2.45) is 0 Å². The van der Waals surface area contributed by atoms with E-state index in [2.05, 4.69) is 10.1 Å². The van der Waals surface area contributed by atoms with Crippen LogP contribution >= 0.6 is 0 Å². The summed E-state index contributed by atoms with van der Waals surface area (Å²) in [4.78, 5) is 12.8. The number of carbonyl (C=O) groups excluding carboxylic acids is 1. The number of alkyl halides is 2. The number of hydrogen-bond donors (Lipinski definition) is 1. The van der Waals surface area contributed by atoms with Crippen LogP contribution in [0.25, 0.3) is 0 Å². The SMILES string of the molecule is CCOc1cc(C(=O)Nc2ccccc2Cc2ccccc2)ccc1OC(F)F. The average molecular weight is 397 g/mol. The molecule has 0 heterocycles. The van der Waals surface area contributed by atoms with Crippen LogP contribution in [0.15, 0.2) is 72.8 Å². The minimum Gasteiger partial charge on any atom is -0.490 e. The summed E-state index contributed by atoms with van der Waals surface area (Å²) in [6.07, 6.45) is 0.669. The highest BCUT2D eigenvalue weighted by atomic mass is 19.3. The molecular formula is C23H21F2NO3. The van der Waals surface area contributed by atoms with Crippen molar-refractivity contribution in [3.63, 3.8) is 0 Å². The van der Waals surface area contributed by atoms with Crippen LogP contribution in [0.3, 0.4) is 0 Å². The number of amides is 1. The Labute approximate surface area is 168 Å². The molecule has 6 heteroatoms. The van der Waals surface area contributed by atoms with E-state index in [1.165, 1.54) is 18.2 Å². The highest BCUT2D eigenvalue weighted by Crippen LogP contribution is 2.30. The van der Waals surface area contributed by atoms with Crippen LogP contribution in [0.2, 0.25) is 0 Å². The lowest BCUT2D eigenvalue weighted by molar-refractivity contribution is -0.0514. The maximum Gasteiger partial charge on any atom is 0.387 e. The second-order valence-electron chi connectivity index (χ2n) is 6.25. The molecule has 29 heavy (non-hydrogen) atoms. The molecule has 3 aromatic rings. The molecule has 4 nitrogen and oxygen atoms in total. The van der Waals surface area contributed by atoms with Crippen LogP contribution in [-0.2, 0) is 6.42 Å². The number of para-hydroxylation sites is 1. The second kappa shape index (κ2) is 9.68. The Bertz CT molecular complexity index is 961. The van der Waals surface area contributed by atoms with Gasteiger partial charge < -0.3 is 14.8 Å². The summed E-state index contributed by atoms with van der Waals surface area (Å²) in [5.41, 5.74) is 3.06. The molecular weight excluding hydrogens is 376 g/mol. The first-order valence-corrected chi connectivity index (χ1v) is 9.21. The highest BCUT2D eigenvalue weighted by molar-refractivity contribution is 6.05. The third kappa shape index (κ3) is 5.54. The largest absolute Gasteiger partial charge is 0.490 e. The zero-order chi connectivity index (χ0) is 20.6. The van der Waals surface area contributed by atoms with Gasteiger partial charge >= 0.3 is 6.61 Å². The molecule has 0 aliphatic heterocycles. The van der Waals surface area contributed by atoms with Crippen molar-refractivity contribution in [2.45, 2.75) is 20.0 Å². The fourth-order valence-corrected chi connectivity index (χ4v) is 2.92. The Morgan fingerprint density at radius 3 is 2.41 bits per heavy atom. The number of carbonyl (C=O) groups is 1.